The van der Waals surface area contributed by atoms with Gasteiger partial charge in [0, 0.05) is 19.5 Å². The van der Waals surface area contributed by atoms with Gasteiger partial charge in [0.05, 0.1) is 22.5 Å². The Morgan fingerprint density at radius 3 is 2.90 bits per heavy atom. The van der Waals surface area contributed by atoms with E-state index in [1.165, 1.54) is 36.7 Å². The molecule has 1 saturated heterocycles. The highest BCUT2D eigenvalue weighted by atomic mass is 32.1. The van der Waals surface area contributed by atoms with Crippen molar-refractivity contribution in [2.45, 2.75) is 32.8 Å². The van der Waals surface area contributed by atoms with Gasteiger partial charge in [-0.15, -0.1) is 11.3 Å². The van der Waals surface area contributed by atoms with Crippen LogP contribution in [-0.2, 0) is 4.79 Å². The van der Waals surface area contributed by atoms with Crippen molar-refractivity contribution in [2.24, 2.45) is 5.73 Å². The highest BCUT2D eigenvalue weighted by Gasteiger charge is 2.24. The summed E-state index contributed by atoms with van der Waals surface area (Å²) in [7, 11) is 0. The number of anilines is 2. The summed E-state index contributed by atoms with van der Waals surface area (Å²) < 4.78 is 20.1. The van der Waals surface area contributed by atoms with Crippen molar-refractivity contribution in [2.75, 3.05) is 18.4 Å². The van der Waals surface area contributed by atoms with Gasteiger partial charge in [-0.1, -0.05) is 0 Å². The molecule has 0 saturated carbocycles. The van der Waals surface area contributed by atoms with E-state index in [0.717, 1.165) is 12.8 Å². The van der Waals surface area contributed by atoms with E-state index >= 15 is 0 Å². The number of nitrogens with zero attached hydrogens (tertiary/aromatic N) is 3. The fraction of sp³-hybridized carbons (Fsp3) is 0.333. The van der Waals surface area contributed by atoms with Crippen molar-refractivity contribution >= 4 is 44.9 Å². The van der Waals surface area contributed by atoms with Crippen LogP contribution in [-0.4, -0.2) is 45.9 Å². The Labute approximate surface area is 182 Å². The number of carbonyl (C=O) groups excluding carboxylic acids is 2. The minimum Gasteiger partial charge on any atom is -0.486 e. The van der Waals surface area contributed by atoms with E-state index in [4.69, 9.17) is 10.5 Å². The molecular weight excluding hydrogens is 421 g/mol. The monoisotopic (exact) mass is 443 g/mol. The van der Waals surface area contributed by atoms with Crippen LogP contribution in [0.2, 0.25) is 0 Å². The summed E-state index contributed by atoms with van der Waals surface area (Å²) >= 11 is 1.20. The number of rotatable bonds is 5. The van der Waals surface area contributed by atoms with Gasteiger partial charge in [0.25, 0.3) is 5.91 Å². The number of amides is 2. The van der Waals surface area contributed by atoms with Crippen LogP contribution < -0.4 is 15.8 Å². The van der Waals surface area contributed by atoms with Gasteiger partial charge >= 0.3 is 0 Å². The van der Waals surface area contributed by atoms with Crippen LogP contribution in [0, 0.1) is 12.7 Å². The van der Waals surface area contributed by atoms with Gasteiger partial charge in [-0.05, 0) is 37.5 Å². The van der Waals surface area contributed by atoms with Crippen LogP contribution in [0.25, 0.3) is 10.2 Å². The number of primary amides is 1. The number of likely N-dealkylation sites (tertiary alicyclic amines) is 1. The first kappa shape index (κ1) is 21.0. The van der Waals surface area contributed by atoms with Crippen LogP contribution in [0.1, 0.15) is 35.0 Å². The molecular formula is C21H22FN5O3S. The number of nitrogens with one attached hydrogen (secondary N) is 1. The molecule has 3 aromatic rings. The van der Waals surface area contributed by atoms with Crippen molar-refractivity contribution < 1.29 is 18.7 Å². The molecule has 3 N–H and O–H groups in total. The van der Waals surface area contributed by atoms with Gasteiger partial charge < -0.3 is 20.7 Å². The van der Waals surface area contributed by atoms with Crippen LogP contribution in [0.4, 0.5) is 15.9 Å². The average molecular weight is 444 g/mol. The van der Waals surface area contributed by atoms with Crippen molar-refractivity contribution in [1.82, 2.24) is 14.9 Å². The van der Waals surface area contributed by atoms with E-state index in [2.05, 4.69) is 15.3 Å². The number of hydrogen-bond donors (Lipinski definition) is 2. The summed E-state index contributed by atoms with van der Waals surface area (Å²) in [6.45, 7) is 4.46. The Morgan fingerprint density at radius 2 is 2.16 bits per heavy atom. The molecule has 1 atom stereocenters. The molecule has 0 radical (unpaired) electrons. The predicted octanol–water partition coefficient (Wildman–Crippen LogP) is 3.37. The number of fused-ring (bicyclic) bond motifs is 1. The molecule has 10 heteroatoms. The third-order valence-electron chi connectivity index (χ3n) is 5.26. The number of carbonyl (C=O) groups is 2. The van der Waals surface area contributed by atoms with Gasteiger partial charge in [-0.2, -0.15) is 0 Å². The summed E-state index contributed by atoms with van der Waals surface area (Å²) in [5.74, 6) is -0.172. The number of hydrogen-bond acceptors (Lipinski definition) is 7. The lowest BCUT2D eigenvalue weighted by Gasteiger charge is -2.32. The zero-order valence-electron chi connectivity index (χ0n) is 17.1. The second kappa shape index (κ2) is 8.46. The largest absolute Gasteiger partial charge is 0.486 e. The molecule has 4 rings (SSSR count). The fourth-order valence-electron chi connectivity index (χ4n) is 3.73. The molecule has 1 fully saturated rings. The minimum absolute atomic E-state index is 0.00698. The van der Waals surface area contributed by atoms with E-state index in [9.17, 15) is 14.0 Å². The Hall–Kier alpha value is -3.27. The predicted molar refractivity (Wildman–Crippen MR) is 116 cm³/mol. The van der Waals surface area contributed by atoms with Crippen LogP contribution >= 0.6 is 11.3 Å². The average Bonchev–Trinajstić information content (AvgIpc) is 3.08. The number of thiophene rings is 1. The van der Waals surface area contributed by atoms with E-state index in [1.54, 1.807) is 17.9 Å². The van der Waals surface area contributed by atoms with Crippen molar-refractivity contribution in [3.05, 3.63) is 40.8 Å². The second-order valence-electron chi connectivity index (χ2n) is 7.44. The summed E-state index contributed by atoms with van der Waals surface area (Å²) in [5, 5.41) is 3.87. The third kappa shape index (κ3) is 4.29. The number of ether oxygens (including phenoxy) is 1. The highest BCUT2D eigenvalue weighted by Crippen LogP contribution is 2.36. The quantitative estimate of drug-likeness (QED) is 0.626. The van der Waals surface area contributed by atoms with Crippen molar-refractivity contribution in [1.29, 1.82) is 0 Å². The maximum absolute atomic E-state index is 14.0. The van der Waals surface area contributed by atoms with E-state index < -0.39 is 11.7 Å². The lowest BCUT2D eigenvalue weighted by atomic mass is 10.1. The molecule has 1 aliphatic heterocycles. The number of aryl methyl sites for hydroxylation is 1. The lowest BCUT2D eigenvalue weighted by Crippen LogP contribution is -2.43. The molecule has 8 nitrogen and oxygen atoms in total. The number of nitrogens with two attached hydrogens (primary N) is 1. The zero-order valence-corrected chi connectivity index (χ0v) is 18.0. The molecule has 162 valence electrons. The van der Waals surface area contributed by atoms with E-state index in [0.29, 0.717) is 51.0 Å². The van der Waals surface area contributed by atoms with E-state index in [1.807, 2.05) is 0 Å². The number of benzene rings is 1. The van der Waals surface area contributed by atoms with Crippen LogP contribution in [0.3, 0.4) is 0 Å². The summed E-state index contributed by atoms with van der Waals surface area (Å²) in [5.41, 5.74) is 6.68. The van der Waals surface area contributed by atoms with Crippen LogP contribution in [0.15, 0.2) is 24.5 Å². The van der Waals surface area contributed by atoms with Gasteiger partial charge in [-0.25, -0.2) is 14.4 Å². The minimum atomic E-state index is -0.524. The summed E-state index contributed by atoms with van der Waals surface area (Å²) in [6, 6.07) is 4.20. The number of piperidine rings is 1. The van der Waals surface area contributed by atoms with Gasteiger partial charge in [0.1, 0.15) is 34.6 Å². The smallest absolute Gasteiger partial charge is 0.259 e. The second-order valence-corrected chi connectivity index (χ2v) is 8.43. The molecule has 0 spiro atoms. The fourth-order valence-corrected chi connectivity index (χ4v) is 4.73. The van der Waals surface area contributed by atoms with E-state index in [-0.39, 0.29) is 12.0 Å². The maximum atomic E-state index is 14.0. The molecule has 1 aliphatic rings. The Bertz CT molecular complexity index is 1170. The number of halogens is 1. The van der Waals surface area contributed by atoms with Gasteiger partial charge in [0.2, 0.25) is 5.91 Å². The molecule has 2 aromatic heterocycles. The number of aromatic nitrogens is 2. The van der Waals surface area contributed by atoms with Gasteiger partial charge in [-0.3, -0.25) is 9.59 Å². The Kier molecular flexibility index (Phi) is 5.73. The Morgan fingerprint density at radius 1 is 1.35 bits per heavy atom. The molecule has 0 bridgehead atoms. The first-order chi connectivity index (χ1) is 14.8. The summed E-state index contributed by atoms with van der Waals surface area (Å²) in [4.78, 5) is 34.8. The molecule has 2 amide bonds. The highest BCUT2D eigenvalue weighted by molar-refractivity contribution is 7.20. The first-order valence-corrected chi connectivity index (χ1v) is 10.7. The first-order valence-electron chi connectivity index (χ1n) is 9.86. The zero-order chi connectivity index (χ0) is 22.1. The standard InChI is InChI=1S/C21H22FN5O3S/c1-11-17-20(24-10-25-21(17)31-18(11)19(23)29)26-15-6-5-13(22)8-16(15)30-14-4-3-7-27(9-14)12(2)28/h5-6,8,10,14H,3-4,7,9H2,1-2H3,(H2,23,29)(H,24,25,26). The van der Waals surface area contributed by atoms with Crippen molar-refractivity contribution in [3.8, 4) is 5.75 Å². The Balaban J connectivity index is 1.66. The van der Waals surface area contributed by atoms with Gasteiger partial charge in [0.15, 0.2) is 0 Å². The summed E-state index contributed by atoms with van der Waals surface area (Å²) in [6.07, 6.45) is 2.73. The van der Waals surface area contributed by atoms with Crippen molar-refractivity contribution in [3.63, 3.8) is 0 Å². The molecule has 1 unspecified atom stereocenters. The molecule has 3 heterocycles. The normalized spacial score (nSPS) is 16.4. The topological polar surface area (TPSA) is 110 Å². The van der Waals surface area contributed by atoms with Crippen LogP contribution in [0.5, 0.6) is 5.75 Å². The molecule has 0 aliphatic carbocycles. The lowest BCUT2D eigenvalue weighted by molar-refractivity contribution is -0.131. The maximum Gasteiger partial charge on any atom is 0.259 e. The SMILES string of the molecule is CC(=O)N1CCCC(Oc2cc(F)ccc2Nc2ncnc3sc(C(N)=O)c(C)c23)C1. The molecule has 1 aromatic carbocycles. The molecule has 31 heavy (non-hydrogen) atoms. The third-order valence-corrected chi connectivity index (χ3v) is 6.48.